The summed E-state index contributed by atoms with van der Waals surface area (Å²) in [5, 5.41) is 10.7. The number of piperidine rings is 1. The van der Waals surface area contributed by atoms with E-state index in [1.807, 2.05) is 4.90 Å². The van der Waals surface area contributed by atoms with Crippen molar-refractivity contribution in [3.63, 3.8) is 0 Å². The lowest BCUT2D eigenvalue weighted by Gasteiger charge is -2.32. The van der Waals surface area contributed by atoms with Gasteiger partial charge in [0.2, 0.25) is 0 Å². The standard InChI is InChI=1S/C19H33N5O2.ClH/c1-23(12-13-26-2)9-3-4-15-6-10-24(11-7-15)19(25)18-16-14-20-8-5-17(16)21-22-18;/h15,20H,3-14H2,1-2H3,(H,21,22);1H. The van der Waals surface area contributed by atoms with Crippen LogP contribution in [-0.4, -0.2) is 79.4 Å². The average molecular weight is 400 g/mol. The number of aromatic nitrogens is 2. The Morgan fingerprint density at radius 1 is 1.33 bits per heavy atom. The number of aromatic amines is 1. The third-order valence-corrected chi connectivity index (χ3v) is 5.74. The predicted octanol–water partition coefficient (Wildman–Crippen LogP) is 1.69. The number of likely N-dealkylation sites (N-methyl/N-ethyl adjacent to an activating group) is 1. The number of likely N-dealkylation sites (tertiary alicyclic amines) is 1. The summed E-state index contributed by atoms with van der Waals surface area (Å²) in [5.41, 5.74) is 2.83. The molecule has 0 unspecified atom stereocenters. The number of carbonyl (C=O) groups is 1. The summed E-state index contributed by atoms with van der Waals surface area (Å²) in [4.78, 5) is 17.2. The Kier molecular flexibility index (Phi) is 9.02. The molecule has 7 nitrogen and oxygen atoms in total. The summed E-state index contributed by atoms with van der Waals surface area (Å²) in [6, 6.07) is 0. The monoisotopic (exact) mass is 399 g/mol. The van der Waals surface area contributed by atoms with Crippen molar-refractivity contribution in [1.29, 1.82) is 0 Å². The molecule has 27 heavy (non-hydrogen) atoms. The first-order valence-corrected chi connectivity index (χ1v) is 9.92. The molecule has 3 heterocycles. The summed E-state index contributed by atoms with van der Waals surface area (Å²) < 4.78 is 5.12. The summed E-state index contributed by atoms with van der Waals surface area (Å²) >= 11 is 0. The Morgan fingerprint density at radius 3 is 2.85 bits per heavy atom. The van der Waals surface area contributed by atoms with Gasteiger partial charge in [-0.2, -0.15) is 5.10 Å². The Bertz CT molecular complexity index is 587. The van der Waals surface area contributed by atoms with Crippen LogP contribution in [0, 0.1) is 5.92 Å². The molecule has 2 N–H and O–H groups in total. The Balaban J connectivity index is 0.00000261. The first-order valence-electron chi connectivity index (χ1n) is 9.92. The minimum Gasteiger partial charge on any atom is -0.383 e. The zero-order valence-electron chi connectivity index (χ0n) is 16.6. The zero-order chi connectivity index (χ0) is 18.4. The lowest BCUT2D eigenvalue weighted by molar-refractivity contribution is 0.0677. The van der Waals surface area contributed by atoms with E-state index in [0.717, 1.165) is 82.3 Å². The quantitative estimate of drug-likeness (QED) is 0.695. The van der Waals surface area contributed by atoms with Crippen LogP contribution in [0.5, 0.6) is 0 Å². The Labute approximate surface area is 168 Å². The molecule has 8 heteroatoms. The third-order valence-electron chi connectivity index (χ3n) is 5.74. The molecule has 1 aromatic rings. The second kappa shape index (κ2) is 11.0. The highest BCUT2D eigenvalue weighted by molar-refractivity contribution is 5.94. The number of H-pyrrole nitrogens is 1. The normalized spacial score (nSPS) is 17.7. The van der Waals surface area contributed by atoms with Gasteiger partial charge in [0.15, 0.2) is 5.69 Å². The van der Waals surface area contributed by atoms with Crippen molar-refractivity contribution in [3.05, 3.63) is 17.0 Å². The number of hydrogen-bond acceptors (Lipinski definition) is 5. The van der Waals surface area contributed by atoms with E-state index in [1.54, 1.807) is 7.11 Å². The van der Waals surface area contributed by atoms with Crippen molar-refractivity contribution in [1.82, 2.24) is 25.3 Å². The molecule has 0 spiro atoms. The molecule has 154 valence electrons. The molecule has 1 fully saturated rings. The highest BCUT2D eigenvalue weighted by Crippen LogP contribution is 2.24. The SMILES string of the molecule is COCCN(C)CCCC1CCN(C(=O)c2n[nH]c3c2CNCC3)CC1.Cl. The maximum atomic E-state index is 12.8. The van der Waals surface area contributed by atoms with Crippen LogP contribution in [0.1, 0.15) is 47.4 Å². The fourth-order valence-electron chi connectivity index (χ4n) is 3.99. The molecule has 1 aromatic heterocycles. The number of fused-ring (bicyclic) bond motifs is 1. The number of amides is 1. The van der Waals surface area contributed by atoms with Crippen LogP contribution in [0.15, 0.2) is 0 Å². The lowest BCUT2D eigenvalue weighted by Crippen LogP contribution is -2.39. The highest BCUT2D eigenvalue weighted by atomic mass is 35.5. The summed E-state index contributed by atoms with van der Waals surface area (Å²) in [6.45, 7) is 6.33. The van der Waals surface area contributed by atoms with E-state index in [1.165, 1.54) is 12.8 Å². The molecule has 3 rings (SSSR count). The van der Waals surface area contributed by atoms with Crippen LogP contribution < -0.4 is 5.32 Å². The number of nitrogens with one attached hydrogen (secondary N) is 2. The summed E-state index contributed by atoms with van der Waals surface area (Å²) in [7, 11) is 3.90. The maximum absolute atomic E-state index is 12.8. The van der Waals surface area contributed by atoms with E-state index in [9.17, 15) is 4.79 Å². The van der Waals surface area contributed by atoms with Crippen LogP contribution in [0.2, 0.25) is 0 Å². The molecule has 1 amide bonds. The van der Waals surface area contributed by atoms with Gasteiger partial charge in [-0.3, -0.25) is 9.89 Å². The van der Waals surface area contributed by atoms with E-state index < -0.39 is 0 Å². The minimum absolute atomic E-state index is 0. The van der Waals surface area contributed by atoms with Gasteiger partial charge in [-0.05, 0) is 45.2 Å². The van der Waals surface area contributed by atoms with Crippen LogP contribution in [0.3, 0.4) is 0 Å². The van der Waals surface area contributed by atoms with Gasteiger partial charge in [0.1, 0.15) is 0 Å². The molecular weight excluding hydrogens is 366 g/mol. The fourth-order valence-corrected chi connectivity index (χ4v) is 3.99. The Hall–Kier alpha value is -1.15. The van der Waals surface area contributed by atoms with E-state index in [-0.39, 0.29) is 18.3 Å². The van der Waals surface area contributed by atoms with Crippen LogP contribution in [0.4, 0.5) is 0 Å². The molecule has 0 bridgehead atoms. The van der Waals surface area contributed by atoms with Crippen molar-refractivity contribution in [3.8, 4) is 0 Å². The molecule has 0 atom stereocenters. The van der Waals surface area contributed by atoms with E-state index in [4.69, 9.17) is 4.74 Å². The molecule has 2 aliphatic heterocycles. The highest BCUT2D eigenvalue weighted by Gasteiger charge is 2.28. The van der Waals surface area contributed by atoms with Gasteiger partial charge < -0.3 is 19.9 Å². The number of halogens is 1. The van der Waals surface area contributed by atoms with Gasteiger partial charge in [0.25, 0.3) is 5.91 Å². The minimum atomic E-state index is 0. The van der Waals surface area contributed by atoms with Crippen molar-refractivity contribution < 1.29 is 9.53 Å². The smallest absolute Gasteiger partial charge is 0.274 e. The number of carbonyl (C=O) groups excluding carboxylic acids is 1. The number of ether oxygens (including phenoxy) is 1. The van der Waals surface area contributed by atoms with Gasteiger partial charge in [0.05, 0.1) is 6.61 Å². The molecule has 0 aromatic carbocycles. The number of nitrogens with zero attached hydrogens (tertiary/aromatic N) is 3. The van der Waals surface area contributed by atoms with Crippen LogP contribution >= 0.6 is 12.4 Å². The van der Waals surface area contributed by atoms with Crippen LogP contribution in [-0.2, 0) is 17.7 Å². The van der Waals surface area contributed by atoms with Crippen molar-refractivity contribution in [2.24, 2.45) is 5.92 Å². The predicted molar refractivity (Wildman–Crippen MR) is 108 cm³/mol. The number of hydrogen-bond donors (Lipinski definition) is 2. The lowest BCUT2D eigenvalue weighted by atomic mass is 9.92. The van der Waals surface area contributed by atoms with Gasteiger partial charge in [-0.25, -0.2) is 0 Å². The third kappa shape index (κ3) is 5.91. The first kappa shape index (κ1) is 22.1. The fraction of sp³-hybridized carbons (Fsp3) is 0.789. The zero-order valence-corrected chi connectivity index (χ0v) is 17.4. The topological polar surface area (TPSA) is 73.5 Å². The average Bonchev–Trinajstić information content (AvgIpc) is 3.10. The Morgan fingerprint density at radius 2 is 2.11 bits per heavy atom. The second-order valence-corrected chi connectivity index (χ2v) is 7.63. The summed E-state index contributed by atoms with van der Waals surface area (Å²) in [5.74, 6) is 0.841. The summed E-state index contributed by atoms with van der Waals surface area (Å²) in [6.07, 6.45) is 5.62. The molecule has 0 radical (unpaired) electrons. The van der Waals surface area contributed by atoms with E-state index in [0.29, 0.717) is 5.69 Å². The van der Waals surface area contributed by atoms with Crippen molar-refractivity contribution in [2.75, 3.05) is 53.5 Å². The van der Waals surface area contributed by atoms with Crippen LogP contribution in [0.25, 0.3) is 0 Å². The van der Waals surface area contributed by atoms with E-state index >= 15 is 0 Å². The molecule has 1 saturated heterocycles. The van der Waals surface area contributed by atoms with Gasteiger partial charge >= 0.3 is 0 Å². The second-order valence-electron chi connectivity index (χ2n) is 7.63. The maximum Gasteiger partial charge on any atom is 0.274 e. The van der Waals surface area contributed by atoms with Gasteiger partial charge in [0, 0.05) is 57.5 Å². The van der Waals surface area contributed by atoms with Crippen molar-refractivity contribution >= 4 is 18.3 Å². The first-order chi connectivity index (χ1) is 12.7. The molecule has 2 aliphatic rings. The largest absolute Gasteiger partial charge is 0.383 e. The van der Waals surface area contributed by atoms with Gasteiger partial charge in [-0.1, -0.05) is 0 Å². The van der Waals surface area contributed by atoms with Crippen molar-refractivity contribution in [2.45, 2.75) is 38.6 Å². The molecule has 0 aliphatic carbocycles. The van der Waals surface area contributed by atoms with Gasteiger partial charge in [-0.15, -0.1) is 12.4 Å². The molecule has 0 saturated carbocycles. The van der Waals surface area contributed by atoms with E-state index in [2.05, 4.69) is 27.5 Å². The number of methoxy groups -OCH3 is 1. The number of rotatable bonds is 8. The molecular formula is C19H34ClN5O2.